The summed E-state index contributed by atoms with van der Waals surface area (Å²) in [5, 5.41) is 38.4. The number of rotatable bonds is 8. The molecule has 0 aliphatic rings. The first-order valence-corrected chi connectivity index (χ1v) is 6.01. The van der Waals surface area contributed by atoms with Crippen LogP contribution in [-0.4, -0.2) is 51.6 Å². The van der Waals surface area contributed by atoms with Crippen molar-refractivity contribution in [1.82, 2.24) is 0 Å². The summed E-state index contributed by atoms with van der Waals surface area (Å²) in [6.07, 6.45) is -1.36. The van der Waals surface area contributed by atoms with E-state index in [9.17, 15) is 14.7 Å². The van der Waals surface area contributed by atoms with Gasteiger partial charge in [-0.3, -0.25) is 9.59 Å². The molecule has 7 heteroatoms. The van der Waals surface area contributed by atoms with Crippen LogP contribution < -0.4 is 5.32 Å². The van der Waals surface area contributed by atoms with Crippen LogP contribution in [0.1, 0.15) is 17.9 Å². The number of aliphatic carboxylic acids is 2. The van der Waals surface area contributed by atoms with Gasteiger partial charge in [0.1, 0.15) is 0 Å². The van der Waals surface area contributed by atoms with Crippen LogP contribution in [0.3, 0.4) is 0 Å². The molecule has 110 valence electrons. The van der Waals surface area contributed by atoms with E-state index >= 15 is 0 Å². The maximum absolute atomic E-state index is 11.0. The van der Waals surface area contributed by atoms with Crippen molar-refractivity contribution < 1.29 is 30.0 Å². The molecular weight excluding hydrogens is 266 g/mol. The minimum Gasteiger partial charge on any atom is -0.481 e. The summed E-state index contributed by atoms with van der Waals surface area (Å²) in [6.45, 7) is -0.196. The molecule has 0 aromatic heterocycles. The number of anilines is 1. The van der Waals surface area contributed by atoms with E-state index in [0.29, 0.717) is 11.3 Å². The van der Waals surface area contributed by atoms with Crippen molar-refractivity contribution in [2.45, 2.75) is 18.4 Å². The van der Waals surface area contributed by atoms with Gasteiger partial charge in [0, 0.05) is 12.2 Å². The van der Waals surface area contributed by atoms with Gasteiger partial charge in [0.2, 0.25) is 0 Å². The monoisotopic (exact) mass is 283 g/mol. The minimum atomic E-state index is -1.19. The molecule has 0 heterocycles. The fourth-order valence-corrected chi connectivity index (χ4v) is 1.66. The summed E-state index contributed by atoms with van der Waals surface area (Å²) in [4.78, 5) is 21.7. The molecular formula is C13H17NO6. The third kappa shape index (κ3) is 4.87. The molecule has 1 aromatic rings. The van der Waals surface area contributed by atoms with Crippen molar-refractivity contribution in [2.24, 2.45) is 0 Å². The van der Waals surface area contributed by atoms with Crippen molar-refractivity contribution in [2.75, 3.05) is 18.5 Å². The lowest BCUT2D eigenvalue weighted by Gasteiger charge is -2.13. The fourth-order valence-electron chi connectivity index (χ4n) is 1.66. The highest BCUT2D eigenvalue weighted by atomic mass is 16.4. The molecule has 0 saturated heterocycles. The lowest BCUT2D eigenvalue weighted by molar-refractivity contribution is -0.145. The largest absolute Gasteiger partial charge is 0.481 e. The summed E-state index contributed by atoms with van der Waals surface area (Å²) in [5.74, 6) is -3.46. The molecule has 0 amide bonds. The van der Waals surface area contributed by atoms with E-state index in [2.05, 4.69) is 5.32 Å². The van der Waals surface area contributed by atoms with Gasteiger partial charge in [-0.25, -0.2) is 0 Å². The highest BCUT2D eigenvalue weighted by Crippen LogP contribution is 2.22. The van der Waals surface area contributed by atoms with Gasteiger partial charge in [-0.05, 0) is 17.7 Å². The Labute approximate surface area is 115 Å². The zero-order valence-corrected chi connectivity index (χ0v) is 10.7. The summed E-state index contributed by atoms with van der Waals surface area (Å²) < 4.78 is 0. The molecule has 0 fully saturated rings. The number of carbonyl (C=O) groups is 2. The second-order valence-electron chi connectivity index (χ2n) is 4.33. The number of hydrogen-bond acceptors (Lipinski definition) is 5. The van der Waals surface area contributed by atoms with Crippen molar-refractivity contribution in [3.8, 4) is 0 Å². The lowest BCUT2D eigenvalue weighted by atomic mass is 9.96. The maximum Gasteiger partial charge on any atom is 0.311 e. The van der Waals surface area contributed by atoms with Gasteiger partial charge in [-0.15, -0.1) is 0 Å². The number of aliphatic hydroxyl groups excluding tert-OH is 2. The molecule has 5 N–H and O–H groups in total. The van der Waals surface area contributed by atoms with Gasteiger partial charge in [-0.1, -0.05) is 12.1 Å². The molecule has 0 radical (unpaired) electrons. The number of carboxylic acid groups (broad SMARTS) is 2. The fraction of sp³-hybridized carbons (Fsp3) is 0.385. The van der Waals surface area contributed by atoms with Crippen LogP contribution in [-0.2, 0) is 9.59 Å². The second kappa shape index (κ2) is 7.46. The summed E-state index contributed by atoms with van der Waals surface area (Å²) in [6, 6.07) is 6.24. The van der Waals surface area contributed by atoms with Gasteiger partial charge in [0.25, 0.3) is 0 Å². The van der Waals surface area contributed by atoms with E-state index in [1.54, 1.807) is 12.1 Å². The quantitative estimate of drug-likeness (QED) is 0.457. The third-order valence-electron chi connectivity index (χ3n) is 2.74. The highest BCUT2D eigenvalue weighted by molar-refractivity contribution is 5.82. The molecule has 0 saturated carbocycles. The van der Waals surface area contributed by atoms with E-state index in [0.717, 1.165) is 0 Å². The average Bonchev–Trinajstić information content (AvgIpc) is 2.42. The predicted molar refractivity (Wildman–Crippen MR) is 70.7 cm³/mol. The smallest absolute Gasteiger partial charge is 0.311 e. The zero-order valence-electron chi connectivity index (χ0n) is 10.7. The molecule has 0 bridgehead atoms. The maximum atomic E-state index is 11.0. The van der Waals surface area contributed by atoms with Crippen LogP contribution in [0.5, 0.6) is 0 Å². The van der Waals surface area contributed by atoms with Gasteiger partial charge in [0.15, 0.2) is 0 Å². The highest BCUT2D eigenvalue weighted by Gasteiger charge is 2.22. The predicted octanol–water partition coefficient (Wildman–Crippen LogP) is 0.0946. The second-order valence-corrected chi connectivity index (χ2v) is 4.33. The van der Waals surface area contributed by atoms with Crippen LogP contribution in [0.4, 0.5) is 5.69 Å². The molecule has 0 aliphatic heterocycles. The van der Waals surface area contributed by atoms with Crippen molar-refractivity contribution in [3.63, 3.8) is 0 Å². The third-order valence-corrected chi connectivity index (χ3v) is 2.74. The Kier molecular flexibility index (Phi) is 5.95. The lowest BCUT2D eigenvalue weighted by Crippen LogP contribution is -2.23. The molecule has 2 unspecified atom stereocenters. The van der Waals surface area contributed by atoms with Crippen LogP contribution in [0, 0.1) is 0 Å². The summed E-state index contributed by atoms with van der Waals surface area (Å²) in [5.41, 5.74) is 1.04. The minimum absolute atomic E-state index is 0.160. The van der Waals surface area contributed by atoms with Crippen molar-refractivity contribution in [3.05, 3.63) is 29.8 Å². The number of carboxylic acids is 2. The Bertz CT molecular complexity index is 458. The van der Waals surface area contributed by atoms with E-state index in [1.165, 1.54) is 12.1 Å². The van der Waals surface area contributed by atoms with Gasteiger partial charge < -0.3 is 25.7 Å². The first-order valence-electron chi connectivity index (χ1n) is 6.01. The summed E-state index contributed by atoms with van der Waals surface area (Å²) in [7, 11) is 0. The number of hydrogen-bond donors (Lipinski definition) is 5. The van der Waals surface area contributed by atoms with E-state index < -0.39 is 30.4 Å². The molecule has 1 rings (SSSR count). The SMILES string of the molecule is O=C(O)CC(C(=O)O)c1ccc(NCC(O)CO)cc1. The Hall–Kier alpha value is -2.12. The molecule has 0 spiro atoms. The standard InChI is InChI=1S/C13H17NO6/c15-7-10(16)6-14-9-3-1-8(2-4-9)11(13(19)20)5-12(17)18/h1-4,10-11,14-16H,5-7H2,(H,17,18)(H,19,20). The van der Waals surface area contributed by atoms with Gasteiger partial charge >= 0.3 is 11.9 Å². The van der Waals surface area contributed by atoms with E-state index in [4.69, 9.17) is 15.3 Å². The first-order chi connectivity index (χ1) is 9.43. The molecule has 7 nitrogen and oxygen atoms in total. The molecule has 2 atom stereocenters. The van der Waals surface area contributed by atoms with Crippen LogP contribution in [0.15, 0.2) is 24.3 Å². The van der Waals surface area contributed by atoms with Crippen LogP contribution >= 0.6 is 0 Å². The Morgan fingerprint density at radius 3 is 2.20 bits per heavy atom. The zero-order chi connectivity index (χ0) is 15.1. The van der Waals surface area contributed by atoms with Crippen molar-refractivity contribution in [1.29, 1.82) is 0 Å². The Morgan fingerprint density at radius 1 is 1.15 bits per heavy atom. The van der Waals surface area contributed by atoms with Crippen LogP contribution in [0.2, 0.25) is 0 Å². The van der Waals surface area contributed by atoms with E-state index in [-0.39, 0.29) is 13.2 Å². The first kappa shape index (κ1) is 15.9. The van der Waals surface area contributed by atoms with Gasteiger partial charge in [-0.2, -0.15) is 0 Å². The number of benzene rings is 1. The molecule has 20 heavy (non-hydrogen) atoms. The Balaban J connectivity index is 2.73. The van der Waals surface area contributed by atoms with Crippen molar-refractivity contribution >= 4 is 17.6 Å². The van der Waals surface area contributed by atoms with E-state index in [1.807, 2.05) is 0 Å². The summed E-state index contributed by atoms with van der Waals surface area (Å²) >= 11 is 0. The molecule has 0 aliphatic carbocycles. The average molecular weight is 283 g/mol. The van der Waals surface area contributed by atoms with Crippen LogP contribution in [0.25, 0.3) is 0 Å². The topological polar surface area (TPSA) is 127 Å². The number of aliphatic hydroxyl groups is 2. The number of nitrogens with one attached hydrogen (secondary N) is 1. The molecule has 1 aromatic carbocycles. The normalized spacial score (nSPS) is 13.5. The van der Waals surface area contributed by atoms with Gasteiger partial charge in [0.05, 0.1) is 25.0 Å². The Morgan fingerprint density at radius 2 is 1.75 bits per heavy atom.